The van der Waals surface area contributed by atoms with Gasteiger partial charge < -0.3 is 20.7 Å². The van der Waals surface area contributed by atoms with Gasteiger partial charge in [0.2, 0.25) is 17.7 Å². The van der Waals surface area contributed by atoms with Gasteiger partial charge in [0.1, 0.15) is 17.8 Å². The quantitative estimate of drug-likeness (QED) is 0.380. The van der Waals surface area contributed by atoms with Crippen LogP contribution in [0.5, 0.6) is 5.75 Å². The first-order valence-electron chi connectivity index (χ1n) is 14.3. The van der Waals surface area contributed by atoms with Gasteiger partial charge in [0, 0.05) is 6.20 Å². The highest BCUT2D eigenvalue weighted by atomic mass is 16.5. The van der Waals surface area contributed by atoms with Crippen molar-refractivity contribution in [2.75, 3.05) is 14.1 Å². The van der Waals surface area contributed by atoms with E-state index in [9.17, 15) is 14.4 Å². The van der Waals surface area contributed by atoms with Crippen LogP contribution in [-0.2, 0) is 20.8 Å². The Morgan fingerprint density at radius 2 is 1.55 bits per heavy atom. The first-order valence-corrected chi connectivity index (χ1v) is 14.3. The minimum Gasteiger partial charge on any atom is -0.483 e. The van der Waals surface area contributed by atoms with Gasteiger partial charge in [0.05, 0.1) is 6.04 Å². The van der Waals surface area contributed by atoms with Crippen LogP contribution in [-0.4, -0.2) is 54.8 Å². The lowest BCUT2D eigenvalue weighted by molar-refractivity contribution is -0.135. The van der Waals surface area contributed by atoms with Gasteiger partial charge in [0.15, 0.2) is 6.10 Å². The first kappa shape index (κ1) is 30.5. The van der Waals surface area contributed by atoms with Gasteiger partial charge in [-0.15, -0.1) is 0 Å². The predicted octanol–water partition coefficient (Wildman–Crippen LogP) is 4.10. The Bertz CT molecular complexity index is 1360. The zero-order chi connectivity index (χ0) is 30.1. The van der Waals surface area contributed by atoms with Crippen molar-refractivity contribution in [2.45, 2.75) is 50.9 Å². The number of nitrogens with one attached hydrogen (secondary N) is 3. The fraction of sp³-hybridized carbons (Fsp3) is 0.324. The Kier molecular flexibility index (Phi) is 10.5. The summed E-state index contributed by atoms with van der Waals surface area (Å²) in [5, 5.41) is 8.74. The average Bonchev–Trinajstić information content (AvgIpc) is 2.98. The molecule has 4 unspecified atom stereocenters. The maximum Gasteiger partial charge on any atom is 0.247 e. The molecular weight excluding hydrogens is 528 g/mol. The average molecular weight is 569 g/mol. The summed E-state index contributed by atoms with van der Waals surface area (Å²) in [7, 11) is 3.67. The van der Waals surface area contributed by atoms with E-state index >= 15 is 0 Å². The molecule has 0 fully saturated rings. The third kappa shape index (κ3) is 8.30. The molecule has 3 N–H and O–H groups in total. The molecule has 42 heavy (non-hydrogen) atoms. The molecule has 3 aromatic rings. The molecule has 8 heteroatoms. The third-order valence-electron chi connectivity index (χ3n) is 7.19. The van der Waals surface area contributed by atoms with Crippen molar-refractivity contribution in [3.05, 3.63) is 108 Å². The molecule has 2 aliphatic rings. The molecular formula is C34H40N4O4. The van der Waals surface area contributed by atoms with Gasteiger partial charge in [-0.25, -0.2) is 0 Å². The molecule has 5 rings (SSSR count). The van der Waals surface area contributed by atoms with Gasteiger partial charge in [-0.2, -0.15) is 0 Å². The molecule has 0 aromatic heterocycles. The Balaban J connectivity index is 1.75. The van der Waals surface area contributed by atoms with E-state index in [1.165, 1.54) is 0 Å². The number of amides is 3. The van der Waals surface area contributed by atoms with Gasteiger partial charge >= 0.3 is 0 Å². The Labute approximate surface area is 248 Å². The van der Waals surface area contributed by atoms with E-state index in [0.29, 0.717) is 24.2 Å². The number of benzene rings is 3. The molecule has 220 valence electrons. The lowest BCUT2D eigenvalue weighted by Crippen LogP contribution is -2.58. The Morgan fingerprint density at radius 1 is 0.905 bits per heavy atom. The minimum atomic E-state index is -1.14. The topological polar surface area (TPSA) is 99.8 Å². The SMILES string of the molecule is CC(C)CC1NC(=O)C(NC(=O)C(Cc2ccccc2)N(C)C)C(c2ccccc2)Oc2ccc(cc2)/C=C/NC1=O. The number of carbonyl (C=O) groups is 3. The van der Waals surface area contributed by atoms with Gasteiger partial charge in [-0.3, -0.25) is 19.3 Å². The van der Waals surface area contributed by atoms with E-state index in [1.807, 2.05) is 106 Å². The second-order valence-corrected chi connectivity index (χ2v) is 11.2. The van der Waals surface area contributed by atoms with Crippen molar-refractivity contribution in [1.29, 1.82) is 0 Å². The molecule has 2 heterocycles. The predicted molar refractivity (Wildman–Crippen MR) is 164 cm³/mol. The molecule has 8 nitrogen and oxygen atoms in total. The van der Waals surface area contributed by atoms with Crippen LogP contribution in [0.3, 0.4) is 0 Å². The van der Waals surface area contributed by atoms with Crippen LogP contribution in [0, 0.1) is 5.92 Å². The summed E-state index contributed by atoms with van der Waals surface area (Å²) in [6.45, 7) is 3.98. The summed E-state index contributed by atoms with van der Waals surface area (Å²) in [5.41, 5.74) is 2.59. The van der Waals surface area contributed by atoms with E-state index in [1.54, 1.807) is 24.4 Å². The van der Waals surface area contributed by atoms with Crippen LogP contribution >= 0.6 is 0 Å². The number of carbonyl (C=O) groups excluding carboxylic acids is 3. The van der Waals surface area contributed by atoms with Crippen molar-refractivity contribution in [3.8, 4) is 5.75 Å². The standard InChI is InChI=1S/C34H40N4O4/c1-23(2)21-28-32(39)35-20-19-24-15-17-27(18-16-24)42-31(26-13-9-6-10-14-26)30(34(41)36-28)37-33(40)29(38(3)4)22-25-11-7-5-8-12-25/h5-20,23,28-31H,21-22H2,1-4H3,(H,35,39)(H,36,41)(H,37,40)/b20-19+. The van der Waals surface area contributed by atoms with Gasteiger partial charge in [-0.1, -0.05) is 86.6 Å². The zero-order valence-corrected chi connectivity index (χ0v) is 24.6. The van der Waals surface area contributed by atoms with Crippen LogP contribution in [0.25, 0.3) is 6.08 Å². The Morgan fingerprint density at radius 3 is 2.17 bits per heavy atom. The Hall–Kier alpha value is -4.43. The fourth-order valence-electron chi connectivity index (χ4n) is 4.94. The molecule has 0 saturated heterocycles. The normalized spacial score (nSPS) is 20.7. The molecule has 4 atom stereocenters. The lowest BCUT2D eigenvalue weighted by Gasteiger charge is -2.32. The van der Waals surface area contributed by atoms with E-state index < -0.39 is 30.1 Å². The minimum absolute atomic E-state index is 0.133. The van der Waals surface area contributed by atoms with Crippen LogP contribution in [0.4, 0.5) is 0 Å². The maximum absolute atomic E-state index is 14.1. The first-order chi connectivity index (χ1) is 20.2. The number of hydrogen-bond donors (Lipinski definition) is 3. The summed E-state index contributed by atoms with van der Waals surface area (Å²) >= 11 is 0. The zero-order valence-electron chi connectivity index (χ0n) is 24.6. The van der Waals surface area contributed by atoms with Crippen molar-refractivity contribution in [3.63, 3.8) is 0 Å². The van der Waals surface area contributed by atoms with Crippen LogP contribution in [0.15, 0.2) is 91.1 Å². The number of fused-ring (bicyclic) bond motifs is 10. The van der Waals surface area contributed by atoms with Crippen molar-refractivity contribution in [2.24, 2.45) is 5.92 Å². The largest absolute Gasteiger partial charge is 0.483 e. The fourth-order valence-corrected chi connectivity index (χ4v) is 4.94. The molecule has 3 amide bonds. The second-order valence-electron chi connectivity index (χ2n) is 11.2. The maximum atomic E-state index is 14.1. The van der Waals surface area contributed by atoms with Crippen LogP contribution < -0.4 is 20.7 Å². The number of likely N-dealkylation sites (N-methyl/N-ethyl adjacent to an activating group) is 1. The highest BCUT2D eigenvalue weighted by Gasteiger charge is 2.37. The number of ether oxygens (including phenoxy) is 1. The van der Waals surface area contributed by atoms with Crippen molar-refractivity contribution < 1.29 is 19.1 Å². The summed E-state index contributed by atoms with van der Waals surface area (Å²) in [6, 6.07) is 23.9. The molecule has 0 spiro atoms. The van der Waals surface area contributed by atoms with E-state index in [2.05, 4.69) is 16.0 Å². The number of hydrogen-bond acceptors (Lipinski definition) is 5. The van der Waals surface area contributed by atoms with Crippen molar-refractivity contribution in [1.82, 2.24) is 20.9 Å². The molecule has 0 radical (unpaired) electrons. The summed E-state index contributed by atoms with van der Waals surface area (Å²) in [4.78, 5) is 43.1. The summed E-state index contributed by atoms with van der Waals surface area (Å²) in [5.74, 6) is -0.486. The van der Waals surface area contributed by atoms with E-state index in [-0.39, 0.29) is 17.7 Å². The van der Waals surface area contributed by atoms with Crippen molar-refractivity contribution >= 4 is 23.8 Å². The lowest BCUT2D eigenvalue weighted by atomic mass is 9.97. The monoisotopic (exact) mass is 568 g/mol. The van der Waals surface area contributed by atoms with Crippen LogP contribution in [0.2, 0.25) is 0 Å². The second kappa shape index (κ2) is 14.5. The van der Waals surface area contributed by atoms with Crippen LogP contribution in [0.1, 0.15) is 43.1 Å². The van der Waals surface area contributed by atoms with Gasteiger partial charge in [-0.05, 0) is 67.8 Å². The van der Waals surface area contributed by atoms with E-state index in [4.69, 9.17) is 4.74 Å². The summed E-state index contributed by atoms with van der Waals surface area (Å²) in [6.07, 6.45) is 3.36. The summed E-state index contributed by atoms with van der Waals surface area (Å²) < 4.78 is 6.47. The van der Waals surface area contributed by atoms with Gasteiger partial charge in [0.25, 0.3) is 0 Å². The molecule has 2 aliphatic heterocycles. The molecule has 3 aromatic carbocycles. The molecule has 0 aliphatic carbocycles. The molecule has 2 bridgehead atoms. The highest BCUT2D eigenvalue weighted by molar-refractivity contribution is 5.94. The third-order valence-corrected chi connectivity index (χ3v) is 7.19. The highest BCUT2D eigenvalue weighted by Crippen LogP contribution is 2.27. The smallest absolute Gasteiger partial charge is 0.247 e. The molecule has 0 saturated carbocycles. The number of rotatable bonds is 8. The van der Waals surface area contributed by atoms with E-state index in [0.717, 1.165) is 11.1 Å². The number of nitrogens with zero attached hydrogens (tertiary/aromatic N) is 1.